The Morgan fingerprint density at radius 2 is 1.28 bits per heavy atom. The van der Waals surface area contributed by atoms with E-state index in [4.69, 9.17) is 10.2 Å². The SMILES string of the molecule is C[C@H](CCC(=O)O)[C@H]1CCC2C3C(C[C@H](O)[C@@]21C)[C@@]1(C)CC[C@@H](O)C[C@H]1C[C@H]3O.C[C@H](CCC(=O)O)[C@H]1CC[C@H]2[C@@H]3C(=O)CC4CC(=O)CC[C@]4(C)[C@H]3CC(=O)[C@]12C. The van der Waals surface area contributed by atoms with E-state index in [1.54, 1.807) is 0 Å². The van der Waals surface area contributed by atoms with E-state index >= 15 is 0 Å². The normalized spacial score (nSPS) is 49.1. The average Bonchev–Trinajstić information content (AvgIpc) is 3.70. The molecule has 10 nitrogen and oxygen atoms in total. The third kappa shape index (κ3) is 7.06. The van der Waals surface area contributed by atoms with Crippen LogP contribution in [0.2, 0.25) is 0 Å². The highest BCUT2D eigenvalue weighted by Gasteiger charge is 2.67. The van der Waals surface area contributed by atoms with Gasteiger partial charge in [0.05, 0.1) is 18.3 Å². The molecule has 0 heterocycles. The van der Waals surface area contributed by atoms with Gasteiger partial charge in [0.1, 0.15) is 17.3 Å². The Hall–Kier alpha value is -2.17. The predicted molar refractivity (Wildman–Crippen MR) is 217 cm³/mol. The molecule has 0 saturated heterocycles. The van der Waals surface area contributed by atoms with E-state index < -0.39 is 23.5 Å². The fraction of sp³-hybridized carbons (Fsp3) is 0.896. The summed E-state index contributed by atoms with van der Waals surface area (Å²) in [5, 5.41) is 51.1. The van der Waals surface area contributed by atoms with Gasteiger partial charge in [-0.2, -0.15) is 0 Å². The van der Waals surface area contributed by atoms with Gasteiger partial charge in [0, 0.05) is 49.9 Å². The van der Waals surface area contributed by atoms with Gasteiger partial charge >= 0.3 is 11.9 Å². The molecule has 0 aromatic rings. The maximum atomic E-state index is 13.6. The molecule has 8 aliphatic carbocycles. The molecule has 5 N–H and O–H groups in total. The molecule has 0 aliphatic heterocycles. The first-order valence-corrected chi connectivity index (χ1v) is 23.2. The van der Waals surface area contributed by atoms with E-state index in [-0.39, 0.29) is 106 Å². The van der Waals surface area contributed by atoms with Crippen molar-refractivity contribution in [2.45, 2.75) is 175 Å². The monoisotopic (exact) mass is 811 g/mol. The van der Waals surface area contributed by atoms with Crippen molar-refractivity contribution >= 4 is 29.3 Å². The molecular weight excluding hydrogens is 737 g/mol. The molecular formula is C48H74O10. The first kappa shape index (κ1) is 43.9. The van der Waals surface area contributed by atoms with E-state index in [0.29, 0.717) is 62.2 Å². The standard InChI is InChI=1S/C24H40O5.C24H34O5/c2*1-13(4-7-21(28)29)16-5-6-17-22-18(12-20(27)24(16,17)3)23(2)9-8-15(25)10-14(23)11-19(22)26/h13-20,22,25-27H,4-12H2,1-3H3,(H,28,29);13-14,16-18,22H,4-12H2,1-3H3,(H,28,29)/t13-,14+,15-,16-,17?,18?,19-,20+,22?,23+,24-;13-,14?,16-,17+,18+,22+,23+,24-/m11/s1. The third-order valence-corrected chi connectivity index (χ3v) is 20.1. The Morgan fingerprint density at radius 1 is 0.672 bits per heavy atom. The second-order valence-electron chi connectivity index (χ2n) is 22.3. The number of rotatable bonds is 8. The summed E-state index contributed by atoms with van der Waals surface area (Å²) in [7, 11) is 0. The van der Waals surface area contributed by atoms with Gasteiger partial charge in [-0.1, -0.05) is 41.5 Å². The van der Waals surface area contributed by atoms with Crippen LogP contribution in [0.4, 0.5) is 0 Å². The van der Waals surface area contributed by atoms with Gasteiger partial charge in [-0.25, -0.2) is 0 Å². The summed E-state index contributed by atoms with van der Waals surface area (Å²) in [6.45, 7) is 13.1. The van der Waals surface area contributed by atoms with Crippen LogP contribution in [0.15, 0.2) is 0 Å². The maximum Gasteiger partial charge on any atom is 0.303 e. The van der Waals surface area contributed by atoms with Crippen molar-refractivity contribution < 1.29 is 49.5 Å². The van der Waals surface area contributed by atoms with Gasteiger partial charge < -0.3 is 25.5 Å². The van der Waals surface area contributed by atoms with Crippen LogP contribution in [0.1, 0.15) is 157 Å². The largest absolute Gasteiger partial charge is 0.481 e. The number of carbonyl (C=O) groups excluding carboxylic acids is 3. The lowest BCUT2D eigenvalue weighted by Gasteiger charge is -2.63. The number of Topliss-reactive ketones (excluding diaryl/α,β-unsaturated/α-hetero) is 3. The number of carboxylic acids is 2. The van der Waals surface area contributed by atoms with Crippen molar-refractivity contribution in [3.8, 4) is 0 Å². The fourth-order valence-electron chi connectivity index (χ4n) is 16.6. The average molecular weight is 811 g/mol. The maximum absolute atomic E-state index is 13.6. The van der Waals surface area contributed by atoms with E-state index in [9.17, 15) is 39.3 Å². The lowest BCUT2D eigenvalue weighted by atomic mass is 9.43. The molecule has 8 rings (SSSR count). The highest BCUT2D eigenvalue weighted by molar-refractivity contribution is 5.93. The Kier molecular flexibility index (Phi) is 12.1. The second-order valence-corrected chi connectivity index (χ2v) is 22.3. The quantitative estimate of drug-likeness (QED) is 0.164. The van der Waals surface area contributed by atoms with Crippen LogP contribution in [0, 0.1) is 92.7 Å². The Balaban J connectivity index is 0.000000177. The first-order chi connectivity index (χ1) is 27.2. The summed E-state index contributed by atoms with van der Waals surface area (Å²) in [6, 6.07) is 0. The summed E-state index contributed by atoms with van der Waals surface area (Å²) in [4.78, 5) is 61.0. The molecule has 0 radical (unpaired) electrons. The molecule has 0 amide bonds. The van der Waals surface area contributed by atoms with E-state index in [0.717, 1.165) is 64.2 Å². The summed E-state index contributed by atoms with van der Waals surface area (Å²) < 4.78 is 0. The number of ketones is 3. The Labute approximate surface area is 346 Å². The third-order valence-electron chi connectivity index (χ3n) is 20.1. The van der Waals surface area contributed by atoms with Crippen molar-refractivity contribution in [3.05, 3.63) is 0 Å². The van der Waals surface area contributed by atoms with Crippen LogP contribution >= 0.6 is 0 Å². The first-order valence-electron chi connectivity index (χ1n) is 23.2. The minimum Gasteiger partial charge on any atom is -0.481 e. The van der Waals surface area contributed by atoms with Crippen LogP contribution < -0.4 is 0 Å². The summed E-state index contributed by atoms with van der Waals surface area (Å²) >= 11 is 0. The number of fused-ring (bicyclic) bond motifs is 10. The van der Waals surface area contributed by atoms with Crippen molar-refractivity contribution in [2.75, 3.05) is 0 Å². The van der Waals surface area contributed by atoms with Gasteiger partial charge in [-0.15, -0.1) is 0 Å². The van der Waals surface area contributed by atoms with Crippen LogP contribution in [0.25, 0.3) is 0 Å². The van der Waals surface area contributed by atoms with Gasteiger partial charge in [-0.3, -0.25) is 24.0 Å². The summed E-state index contributed by atoms with van der Waals surface area (Å²) in [5.74, 6) is 1.52. The summed E-state index contributed by atoms with van der Waals surface area (Å²) in [6.07, 6.45) is 11.3. The molecule has 0 spiro atoms. The summed E-state index contributed by atoms with van der Waals surface area (Å²) in [5.41, 5.74) is -0.741. The zero-order chi connectivity index (χ0) is 42.3. The number of aliphatic carboxylic acids is 2. The lowest BCUT2D eigenvalue weighted by Crippen LogP contribution is -2.62. The Morgan fingerprint density at radius 3 is 1.93 bits per heavy atom. The number of hydrogen-bond acceptors (Lipinski definition) is 8. The molecule has 326 valence electrons. The molecule has 4 unspecified atom stereocenters. The fourth-order valence-corrected chi connectivity index (χ4v) is 16.6. The number of hydrogen-bond donors (Lipinski definition) is 5. The molecule has 10 heteroatoms. The van der Waals surface area contributed by atoms with Crippen molar-refractivity contribution in [3.63, 3.8) is 0 Å². The van der Waals surface area contributed by atoms with Gasteiger partial charge in [0.25, 0.3) is 0 Å². The number of aliphatic hydroxyl groups is 3. The van der Waals surface area contributed by atoms with E-state index in [1.165, 1.54) is 0 Å². The molecule has 0 aromatic heterocycles. The lowest BCUT2D eigenvalue weighted by molar-refractivity contribution is -0.207. The van der Waals surface area contributed by atoms with Gasteiger partial charge in [0.2, 0.25) is 0 Å². The number of carboxylic acid groups (broad SMARTS) is 2. The predicted octanol–water partition coefficient (Wildman–Crippen LogP) is 7.52. The Bertz CT molecular complexity index is 1630. The minimum atomic E-state index is -0.792. The molecule has 58 heavy (non-hydrogen) atoms. The van der Waals surface area contributed by atoms with Crippen molar-refractivity contribution in [2.24, 2.45) is 92.7 Å². The molecule has 8 saturated carbocycles. The number of aliphatic hydroxyl groups excluding tert-OH is 3. The highest BCUT2D eigenvalue weighted by atomic mass is 16.4. The molecule has 19 atom stereocenters. The van der Waals surface area contributed by atoms with Gasteiger partial charge in [0.15, 0.2) is 0 Å². The van der Waals surface area contributed by atoms with Crippen LogP contribution in [0.3, 0.4) is 0 Å². The molecule has 8 fully saturated rings. The second kappa shape index (κ2) is 15.9. The van der Waals surface area contributed by atoms with E-state index in [1.807, 2.05) is 0 Å². The van der Waals surface area contributed by atoms with Crippen LogP contribution in [-0.2, 0) is 24.0 Å². The van der Waals surface area contributed by atoms with Gasteiger partial charge in [-0.05, 0) is 158 Å². The topological polar surface area (TPSA) is 186 Å². The molecule has 8 aliphatic rings. The smallest absolute Gasteiger partial charge is 0.303 e. The highest BCUT2D eigenvalue weighted by Crippen LogP contribution is 2.69. The van der Waals surface area contributed by atoms with Crippen molar-refractivity contribution in [1.82, 2.24) is 0 Å². The molecule has 0 aromatic carbocycles. The zero-order valence-corrected chi connectivity index (χ0v) is 36.2. The molecule has 0 bridgehead atoms. The van der Waals surface area contributed by atoms with E-state index in [2.05, 4.69) is 41.5 Å². The zero-order valence-electron chi connectivity index (χ0n) is 36.2. The van der Waals surface area contributed by atoms with Crippen LogP contribution in [0.5, 0.6) is 0 Å². The van der Waals surface area contributed by atoms with Crippen LogP contribution in [-0.4, -0.2) is 73.1 Å². The number of carbonyl (C=O) groups is 5. The van der Waals surface area contributed by atoms with Crippen molar-refractivity contribution in [1.29, 1.82) is 0 Å². The minimum absolute atomic E-state index is 0.0659.